The highest BCUT2D eigenvalue weighted by Gasteiger charge is 2.44. The van der Waals surface area contributed by atoms with Crippen LogP contribution in [-0.4, -0.2) is 24.5 Å². The molecule has 1 fully saturated rings. The largest absolute Gasteiger partial charge is 0.465 e. The van der Waals surface area contributed by atoms with Gasteiger partial charge in [0.05, 0.1) is 18.3 Å². The highest BCUT2D eigenvalue weighted by atomic mass is 32.1. The number of nitrogens with two attached hydrogens (primary N) is 1. The van der Waals surface area contributed by atoms with Crippen LogP contribution in [0.1, 0.15) is 35.0 Å². The Hall–Kier alpha value is -1.40. The van der Waals surface area contributed by atoms with Crippen molar-refractivity contribution in [3.05, 3.63) is 15.8 Å². The summed E-state index contributed by atoms with van der Waals surface area (Å²) in [5.74, 6) is -0.465. The summed E-state index contributed by atoms with van der Waals surface area (Å²) in [7, 11) is 1.32. The van der Waals surface area contributed by atoms with Gasteiger partial charge in [0, 0.05) is 0 Å². The third kappa shape index (κ3) is 2.64. The van der Waals surface area contributed by atoms with Gasteiger partial charge in [0.1, 0.15) is 4.88 Å². The fourth-order valence-corrected chi connectivity index (χ4v) is 2.88. The SMILES string of the molecule is COC(=O)c1scc(C)c1NC(=O)C(C)(N)C1CC1. The van der Waals surface area contributed by atoms with E-state index in [0.717, 1.165) is 18.4 Å². The molecule has 0 saturated heterocycles. The first-order valence-corrected chi connectivity index (χ1v) is 7.02. The number of rotatable bonds is 4. The van der Waals surface area contributed by atoms with Crippen molar-refractivity contribution in [1.82, 2.24) is 0 Å². The van der Waals surface area contributed by atoms with Crippen molar-refractivity contribution in [1.29, 1.82) is 0 Å². The Bertz CT molecular complexity index is 518. The van der Waals surface area contributed by atoms with Gasteiger partial charge in [0.2, 0.25) is 5.91 Å². The van der Waals surface area contributed by atoms with E-state index in [0.29, 0.717) is 10.6 Å². The minimum atomic E-state index is -0.887. The summed E-state index contributed by atoms with van der Waals surface area (Å²) in [6, 6.07) is 0. The number of anilines is 1. The fourth-order valence-electron chi connectivity index (χ4n) is 1.96. The monoisotopic (exact) mass is 282 g/mol. The average Bonchev–Trinajstić information content (AvgIpc) is 3.16. The van der Waals surface area contributed by atoms with Crippen molar-refractivity contribution in [2.24, 2.45) is 11.7 Å². The zero-order valence-electron chi connectivity index (χ0n) is 11.3. The first-order chi connectivity index (χ1) is 8.87. The predicted molar refractivity (Wildman–Crippen MR) is 74.3 cm³/mol. The number of amides is 1. The highest BCUT2D eigenvalue weighted by Crippen LogP contribution is 2.39. The van der Waals surface area contributed by atoms with Gasteiger partial charge in [0.25, 0.3) is 0 Å². The minimum Gasteiger partial charge on any atom is -0.465 e. The van der Waals surface area contributed by atoms with Crippen molar-refractivity contribution < 1.29 is 14.3 Å². The summed E-state index contributed by atoms with van der Waals surface area (Å²) in [5.41, 5.74) is 6.53. The summed E-state index contributed by atoms with van der Waals surface area (Å²) in [6.07, 6.45) is 1.96. The number of aryl methyl sites for hydroxylation is 1. The van der Waals surface area contributed by atoms with Gasteiger partial charge in [-0.25, -0.2) is 4.79 Å². The molecule has 1 heterocycles. The maximum absolute atomic E-state index is 12.2. The van der Waals surface area contributed by atoms with Gasteiger partial charge in [-0.1, -0.05) is 0 Å². The lowest BCUT2D eigenvalue weighted by Crippen LogP contribution is -2.50. The number of thiophene rings is 1. The maximum atomic E-state index is 12.2. The van der Waals surface area contributed by atoms with Crippen LogP contribution >= 0.6 is 11.3 Å². The van der Waals surface area contributed by atoms with Gasteiger partial charge < -0.3 is 15.8 Å². The molecular weight excluding hydrogens is 264 g/mol. The lowest BCUT2D eigenvalue weighted by molar-refractivity contribution is -0.121. The number of hydrogen-bond acceptors (Lipinski definition) is 5. The molecule has 0 spiro atoms. The number of methoxy groups -OCH3 is 1. The van der Waals surface area contributed by atoms with Crippen LogP contribution in [0.4, 0.5) is 5.69 Å². The first-order valence-electron chi connectivity index (χ1n) is 6.14. The fraction of sp³-hybridized carbons (Fsp3) is 0.538. The summed E-state index contributed by atoms with van der Waals surface area (Å²) < 4.78 is 4.71. The van der Waals surface area contributed by atoms with E-state index in [1.807, 2.05) is 12.3 Å². The van der Waals surface area contributed by atoms with Crippen molar-refractivity contribution in [3.8, 4) is 0 Å². The molecule has 6 heteroatoms. The minimum absolute atomic E-state index is 0.230. The Morgan fingerprint density at radius 3 is 2.68 bits per heavy atom. The molecule has 0 bridgehead atoms. The van der Waals surface area contributed by atoms with E-state index in [-0.39, 0.29) is 11.8 Å². The van der Waals surface area contributed by atoms with Gasteiger partial charge in [-0.15, -0.1) is 11.3 Å². The number of nitrogens with one attached hydrogen (secondary N) is 1. The van der Waals surface area contributed by atoms with Gasteiger partial charge in [0.15, 0.2) is 0 Å². The molecule has 3 N–H and O–H groups in total. The molecule has 19 heavy (non-hydrogen) atoms. The normalized spacial score (nSPS) is 17.7. The smallest absolute Gasteiger partial charge is 0.350 e. The Kier molecular flexibility index (Phi) is 3.64. The molecule has 104 valence electrons. The van der Waals surface area contributed by atoms with Crippen LogP contribution in [-0.2, 0) is 9.53 Å². The molecule has 1 amide bonds. The summed E-state index contributed by atoms with van der Waals surface area (Å²) in [6.45, 7) is 3.57. The van der Waals surface area contributed by atoms with Crippen LogP contribution in [0.5, 0.6) is 0 Å². The molecule has 1 aromatic rings. The van der Waals surface area contributed by atoms with E-state index < -0.39 is 11.5 Å². The zero-order chi connectivity index (χ0) is 14.2. The number of carbonyl (C=O) groups excluding carboxylic acids is 2. The molecule has 0 aliphatic heterocycles. The molecule has 1 atom stereocenters. The second-order valence-corrected chi connectivity index (χ2v) is 6.01. The second kappa shape index (κ2) is 4.94. The number of esters is 1. The van der Waals surface area contributed by atoms with Crippen LogP contribution in [0.25, 0.3) is 0 Å². The van der Waals surface area contributed by atoms with Crippen molar-refractivity contribution in [3.63, 3.8) is 0 Å². The topological polar surface area (TPSA) is 81.4 Å². The maximum Gasteiger partial charge on any atom is 0.350 e. The Morgan fingerprint density at radius 1 is 1.53 bits per heavy atom. The third-order valence-electron chi connectivity index (χ3n) is 3.50. The molecule has 1 unspecified atom stereocenters. The molecule has 2 rings (SSSR count). The zero-order valence-corrected chi connectivity index (χ0v) is 12.1. The highest BCUT2D eigenvalue weighted by molar-refractivity contribution is 7.12. The second-order valence-electron chi connectivity index (χ2n) is 5.13. The van der Waals surface area contributed by atoms with Gasteiger partial charge in [-0.3, -0.25) is 4.79 Å². The van der Waals surface area contributed by atoms with Crippen LogP contribution < -0.4 is 11.1 Å². The van der Waals surface area contributed by atoms with E-state index >= 15 is 0 Å². The van der Waals surface area contributed by atoms with Gasteiger partial charge in [-0.05, 0) is 43.6 Å². The molecule has 1 aliphatic rings. The molecule has 0 radical (unpaired) electrons. The van der Waals surface area contributed by atoms with E-state index in [1.165, 1.54) is 18.4 Å². The van der Waals surface area contributed by atoms with Crippen LogP contribution in [0, 0.1) is 12.8 Å². The van der Waals surface area contributed by atoms with Crippen LogP contribution in [0.15, 0.2) is 5.38 Å². The van der Waals surface area contributed by atoms with Gasteiger partial charge in [-0.2, -0.15) is 0 Å². The molecule has 1 saturated carbocycles. The summed E-state index contributed by atoms with van der Waals surface area (Å²) >= 11 is 1.26. The number of carbonyl (C=O) groups is 2. The quantitative estimate of drug-likeness (QED) is 0.827. The Balaban J connectivity index is 2.21. The molecule has 0 aromatic carbocycles. The number of hydrogen-bond donors (Lipinski definition) is 2. The van der Waals surface area contributed by atoms with E-state index in [2.05, 4.69) is 5.32 Å². The Morgan fingerprint density at radius 2 is 2.16 bits per heavy atom. The predicted octanol–water partition coefficient (Wildman–Crippen LogP) is 1.91. The molecular formula is C13H18N2O3S. The third-order valence-corrected chi connectivity index (χ3v) is 4.58. The summed E-state index contributed by atoms with van der Waals surface area (Å²) in [5, 5.41) is 4.59. The van der Waals surface area contributed by atoms with Crippen LogP contribution in [0.3, 0.4) is 0 Å². The van der Waals surface area contributed by atoms with Gasteiger partial charge >= 0.3 is 5.97 Å². The average molecular weight is 282 g/mol. The molecule has 1 aliphatic carbocycles. The first kappa shape index (κ1) is 14.0. The molecule has 5 nitrogen and oxygen atoms in total. The van der Waals surface area contributed by atoms with Crippen molar-refractivity contribution >= 4 is 28.9 Å². The Labute approximate surface area is 116 Å². The number of ether oxygens (including phenoxy) is 1. The lowest BCUT2D eigenvalue weighted by atomic mass is 9.96. The van der Waals surface area contributed by atoms with E-state index in [9.17, 15) is 9.59 Å². The van der Waals surface area contributed by atoms with E-state index in [1.54, 1.807) is 6.92 Å². The van der Waals surface area contributed by atoms with E-state index in [4.69, 9.17) is 10.5 Å². The lowest BCUT2D eigenvalue weighted by Gasteiger charge is -2.23. The summed E-state index contributed by atoms with van der Waals surface area (Å²) in [4.78, 5) is 24.3. The molecule has 1 aromatic heterocycles. The van der Waals surface area contributed by atoms with Crippen molar-refractivity contribution in [2.45, 2.75) is 32.2 Å². The standard InChI is InChI=1S/C13H18N2O3S/c1-7-6-19-10(11(16)18-3)9(7)15-12(17)13(2,14)8-4-5-8/h6,8H,4-5,14H2,1-3H3,(H,15,17). The van der Waals surface area contributed by atoms with Crippen molar-refractivity contribution in [2.75, 3.05) is 12.4 Å². The van der Waals surface area contributed by atoms with Crippen LogP contribution in [0.2, 0.25) is 0 Å².